The second kappa shape index (κ2) is 7.96. The zero-order valence-electron chi connectivity index (χ0n) is 12.2. The summed E-state index contributed by atoms with van der Waals surface area (Å²) in [6, 6.07) is 10.1. The summed E-state index contributed by atoms with van der Waals surface area (Å²) in [4.78, 5) is 10.5. The minimum Gasteiger partial charge on any atom is -0.395 e. The smallest absolute Gasteiger partial charge is 0.137 e. The average Bonchev–Trinajstić information content (AvgIpc) is 2.50. The molecule has 4 nitrogen and oxygen atoms in total. The first-order chi connectivity index (χ1) is 10.3. The van der Waals surface area contributed by atoms with Gasteiger partial charge in [0.1, 0.15) is 17.3 Å². The summed E-state index contributed by atoms with van der Waals surface area (Å²) in [5.41, 5.74) is 2.12. The van der Waals surface area contributed by atoms with Crippen LogP contribution < -0.4 is 4.90 Å². The maximum absolute atomic E-state index is 9.35. The van der Waals surface area contributed by atoms with Gasteiger partial charge in [-0.25, -0.2) is 9.97 Å². The molecular formula is C16H20ClN3O. The van der Waals surface area contributed by atoms with E-state index in [0.717, 1.165) is 24.2 Å². The van der Waals surface area contributed by atoms with E-state index in [-0.39, 0.29) is 6.61 Å². The summed E-state index contributed by atoms with van der Waals surface area (Å²) >= 11 is 6.22. The fourth-order valence-electron chi connectivity index (χ4n) is 2.30. The predicted molar refractivity (Wildman–Crippen MR) is 85.6 cm³/mol. The van der Waals surface area contributed by atoms with Crippen LogP contribution in [-0.2, 0) is 13.0 Å². The van der Waals surface area contributed by atoms with Crippen LogP contribution in [0.4, 0.5) is 5.82 Å². The molecule has 21 heavy (non-hydrogen) atoms. The number of hydrogen-bond donors (Lipinski definition) is 1. The molecule has 0 aliphatic heterocycles. The first-order valence-electron chi connectivity index (χ1n) is 7.15. The molecule has 1 N–H and O–H groups in total. The van der Waals surface area contributed by atoms with Gasteiger partial charge in [-0.3, -0.25) is 0 Å². The molecule has 0 amide bonds. The maximum atomic E-state index is 9.35. The number of nitrogens with zero attached hydrogens (tertiary/aromatic N) is 3. The molecule has 0 saturated carbocycles. The molecule has 0 spiro atoms. The second-order valence-corrected chi connectivity index (χ2v) is 5.21. The summed E-state index contributed by atoms with van der Waals surface area (Å²) in [5, 5.41) is 9.85. The summed E-state index contributed by atoms with van der Waals surface area (Å²) in [6.07, 6.45) is 3.27. The van der Waals surface area contributed by atoms with Gasteiger partial charge < -0.3 is 10.0 Å². The van der Waals surface area contributed by atoms with E-state index in [2.05, 4.69) is 29.0 Å². The molecule has 0 aliphatic rings. The van der Waals surface area contributed by atoms with Crippen LogP contribution in [0.3, 0.4) is 0 Å². The lowest BCUT2D eigenvalue weighted by Crippen LogP contribution is -2.28. The van der Waals surface area contributed by atoms with Crippen LogP contribution in [0.15, 0.2) is 36.7 Å². The van der Waals surface area contributed by atoms with Crippen molar-refractivity contribution in [3.05, 3.63) is 52.9 Å². The van der Waals surface area contributed by atoms with Gasteiger partial charge in [0.25, 0.3) is 0 Å². The number of halogens is 1. The molecule has 0 fully saturated rings. The average molecular weight is 306 g/mol. The van der Waals surface area contributed by atoms with Crippen molar-refractivity contribution in [1.29, 1.82) is 0 Å². The van der Waals surface area contributed by atoms with E-state index in [9.17, 15) is 5.11 Å². The van der Waals surface area contributed by atoms with Gasteiger partial charge in [0, 0.05) is 18.7 Å². The topological polar surface area (TPSA) is 49.2 Å². The second-order valence-electron chi connectivity index (χ2n) is 4.85. The zero-order chi connectivity index (χ0) is 15.1. The molecule has 1 heterocycles. The lowest BCUT2D eigenvalue weighted by atomic mass is 10.1. The third-order valence-corrected chi connectivity index (χ3v) is 3.58. The van der Waals surface area contributed by atoms with E-state index in [1.807, 2.05) is 23.1 Å². The quantitative estimate of drug-likeness (QED) is 0.799. The number of rotatable bonds is 7. The molecule has 0 unspecified atom stereocenters. The van der Waals surface area contributed by atoms with E-state index >= 15 is 0 Å². The third kappa shape index (κ3) is 4.16. The van der Waals surface area contributed by atoms with Gasteiger partial charge in [0.2, 0.25) is 0 Å². The molecule has 0 radical (unpaired) electrons. The number of aliphatic hydroxyl groups excluding tert-OH is 1. The van der Waals surface area contributed by atoms with Gasteiger partial charge in [0.15, 0.2) is 0 Å². The summed E-state index contributed by atoms with van der Waals surface area (Å²) < 4.78 is 0. The maximum Gasteiger partial charge on any atom is 0.137 e. The van der Waals surface area contributed by atoms with Gasteiger partial charge in [-0.15, -0.1) is 0 Å². The number of aliphatic hydroxyl groups is 1. The fraction of sp³-hybridized carbons (Fsp3) is 0.375. The zero-order valence-corrected chi connectivity index (χ0v) is 12.9. The van der Waals surface area contributed by atoms with Crippen LogP contribution in [0.5, 0.6) is 0 Å². The minimum absolute atomic E-state index is 0.0695. The highest BCUT2D eigenvalue weighted by Gasteiger charge is 2.16. The number of hydrogen-bond acceptors (Lipinski definition) is 4. The summed E-state index contributed by atoms with van der Waals surface area (Å²) in [5.74, 6) is 0.815. The Morgan fingerprint density at radius 3 is 2.62 bits per heavy atom. The van der Waals surface area contributed by atoms with Gasteiger partial charge in [-0.2, -0.15) is 0 Å². The molecule has 5 heteroatoms. The lowest BCUT2D eigenvalue weighted by molar-refractivity contribution is 0.301. The van der Waals surface area contributed by atoms with Crippen molar-refractivity contribution in [1.82, 2.24) is 9.97 Å². The van der Waals surface area contributed by atoms with Gasteiger partial charge >= 0.3 is 0 Å². The van der Waals surface area contributed by atoms with Crippen molar-refractivity contribution < 1.29 is 5.11 Å². The van der Waals surface area contributed by atoms with Gasteiger partial charge in [-0.1, -0.05) is 55.3 Å². The Bertz CT molecular complexity index is 563. The third-order valence-electron chi connectivity index (χ3n) is 3.26. The van der Waals surface area contributed by atoms with Crippen molar-refractivity contribution in [2.24, 2.45) is 0 Å². The van der Waals surface area contributed by atoms with Gasteiger partial charge in [-0.05, 0) is 12.0 Å². The van der Waals surface area contributed by atoms with Gasteiger partial charge in [0.05, 0.1) is 6.61 Å². The van der Waals surface area contributed by atoms with Crippen LogP contribution >= 0.6 is 11.6 Å². The van der Waals surface area contributed by atoms with Crippen molar-refractivity contribution in [2.75, 3.05) is 18.1 Å². The molecular weight excluding hydrogens is 286 g/mol. The highest BCUT2D eigenvalue weighted by molar-refractivity contribution is 6.30. The number of benzene rings is 1. The normalized spacial score (nSPS) is 10.6. The minimum atomic E-state index is 0.0695. The Labute approximate surface area is 130 Å². The van der Waals surface area contributed by atoms with Crippen molar-refractivity contribution in [2.45, 2.75) is 26.3 Å². The molecule has 0 atom stereocenters. The SMILES string of the molecule is CCCc1c(Cl)ncnc1N(CCO)Cc1ccccc1. The first kappa shape index (κ1) is 15.7. The largest absolute Gasteiger partial charge is 0.395 e. The molecule has 112 valence electrons. The predicted octanol–water partition coefficient (Wildman–Crippen LogP) is 3.08. The molecule has 1 aromatic heterocycles. The summed E-state index contributed by atoms with van der Waals surface area (Å²) in [6.45, 7) is 3.37. The van der Waals surface area contributed by atoms with E-state index in [1.165, 1.54) is 11.9 Å². The fourth-order valence-corrected chi connectivity index (χ4v) is 2.53. The van der Waals surface area contributed by atoms with Crippen LogP contribution in [0.1, 0.15) is 24.5 Å². The Morgan fingerprint density at radius 2 is 1.95 bits per heavy atom. The number of aromatic nitrogens is 2. The highest BCUT2D eigenvalue weighted by atomic mass is 35.5. The van der Waals surface area contributed by atoms with E-state index in [4.69, 9.17) is 11.6 Å². The molecule has 0 bridgehead atoms. The Balaban J connectivity index is 2.31. The molecule has 2 rings (SSSR count). The lowest BCUT2D eigenvalue weighted by Gasteiger charge is -2.25. The molecule has 2 aromatic rings. The van der Waals surface area contributed by atoms with Crippen LogP contribution in [-0.4, -0.2) is 28.2 Å². The first-order valence-corrected chi connectivity index (χ1v) is 7.53. The van der Waals surface area contributed by atoms with Crippen LogP contribution in [0.25, 0.3) is 0 Å². The van der Waals surface area contributed by atoms with E-state index < -0.39 is 0 Å². The van der Waals surface area contributed by atoms with E-state index in [1.54, 1.807) is 0 Å². The van der Waals surface area contributed by atoms with Crippen molar-refractivity contribution in [3.63, 3.8) is 0 Å². The van der Waals surface area contributed by atoms with Crippen molar-refractivity contribution >= 4 is 17.4 Å². The van der Waals surface area contributed by atoms with Crippen LogP contribution in [0, 0.1) is 0 Å². The monoisotopic (exact) mass is 305 g/mol. The highest BCUT2D eigenvalue weighted by Crippen LogP contribution is 2.25. The Kier molecular flexibility index (Phi) is 5.96. The van der Waals surface area contributed by atoms with E-state index in [0.29, 0.717) is 18.2 Å². The Hall–Kier alpha value is -1.65. The Morgan fingerprint density at radius 1 is 1.19 bits per heavy atom. The molecule has 0 saturated heterocycles. The summed E-state index contributed by atoms with van der Waals surface area (Å²) in [7, 11) is 0. The van der Waals surface area contributed by atoms with Crippen LogP contribution in [0.2, 0.25) is 5.15 Å². The molecule has 0 aliphatic carbocycles. The number of anilines is 1. The van der Waals surface area contributed by atoms with Crippen molar-refractivity contribution in [3.8, 4) is 0 Å². The standard InChI is InChI=1S/C16H20ClN3O/c1-2-6-14-15(17)18-12-19-16(14)20(9-10-21)11-13-7-4-3-5-8-13/h3-5,7-8,12,21H,2,6,9-11H2,1H3. The molecule has 1 aromatic carbocycles.